The standard InChI is InChI=1S/C13H17NO4/c1-8-5-11(6-9(2)17-8)18-10-3-4-14-12(7-10)13(15)16/h3-4,7-9,11H,5-6H2,1-2H3,(H,15,16). The van der Waals surface area contributed by atoms with Crippen LogP contribution in [0, 0.1) is 0 Å². The first kappa shape index (κ1) is 12.8. The Balaban J connectivity index is 2.04. The SMILES string of the molecule is CC1CC(Oc2ccnc(C(=O)O)c2)CC(C)O1. The Morgan fingerprint density at radius 1 is 1.44 bits per heavy atom. The Kier molecular flexibility index (Phi) is 3.81. The van der Waals surface area contributed by atoms with E-state index < -0.39 is 5.97 Å². The molecule has 98 valence electrons. The molecule has 0 aliphatic carbocycles. The van der Waals surface area contributed by atoms with Crippen molar-refractivity contribution in [2.45, 2.75) is 45.0 Å². The second kappa shape index (κ2) is 5.35. The molecule has 0 amide bonds. The third-order valence-corrected chi connectivity index (χ3v) is 2.91. The van der Waals surface area contributed by atoms with Crippen LogP contribution in [0.25, 0.3) is 0 Å². The highest BCUT2D eigenvalue weighted by atomic mass is 16.5. The molecule has 5 heteroatoms. The zero-order valence-electron chi connectivity index (χ0n) is 10.5. The van der Waals surface area contributed by atoms with Gasteiger partial charge in [-0.15, -0.1) is 0 Å². The van der Waals surface area contributed by atoms with Crippen LogP contribution in [0.2, 0.25) is 0 Å². The molecule has 2 unspecified atom stereocenters. The lowest BCUT2D eigenvalue weighted by atomic mass is 10.0. The molecule has 0 saturated carbocycles. The second-order valence-electron chi connectivity index (χ2n) is 4.65. The Bertz CT molecular complexity index is 425. The van der Waals surface area contributed by atoms with Gasteiger partial charge in [-0.2, -0.15) is 0 Å². The first-order valence-electron chi connectivity index (χ1n) is 6.06. The van der Waals surface area contributed by atoms with Gasteiger partial charge in [-0.05, 0) is 19.9 Å². The summed E-state index contributed by atoms with van der Waals surface area (Å²) in [5, 5.41) is 8.86. The number of hydrogen-bond donors (Lipinski definition) is 1. The number of hydrogen-bond acceptors (Lipinski definition) is 4. The minimum absolute atomic E-state index is 0.000608. The predicted octanol–water partition coefficient (Wildman–Crippen LogP) is 2.11. The number of carbonyl (C=O) groups is 1. The maximum Gasteiger partial charge on any atom is 0.354 e. The first-order chi connectivity index (χ1) is 8.54. The molecule has 2 heterocycles. The number of aromatic carboxylic acids is 1. The summed E-state index contributed by atoms with van der Waals surface area (Å²) in [7, 11) is 0. The van der Waals surface area contributed by atoms with Gasteiger partial charge in [0, 0.05) is 25.1 Å². The van der Waals surface area contributed by atoms with Gasteiger partial charge in [-0.25, -0.2) is 9.78 Å². The number of ether oxygens (including phenoxy) is 2. The summed E-state index contributed by atoms with van der Waals surface area (Å²) >= 11 is 0. The third-order valence-electron chi connectivity index (χ3n) is 2.91. The molecular formula is C13H17NO4. The monoisotopic (exact) mass is 251 g/mol. The average molecular weight is 251 g/mol. The van der Waals surface area contributed by atoms with Gasteiger partial charge in [0.25, 0.3) is 0 Å². The van der Waals surface area contributed by atoms with Crippen molar-refractivity contribution in [1.82, 2.24) is 4.98 Å². The molecule has 1 saturated heterocycles. The second-order valence-corrected chi connectivity index (χ2v) is 4.65. The fourth-order valence-corrected chi connectivity index (χ4v) is 2.23. The predicted molar refractivity (Wildman–Crippen MR) is 64.9 cm³/mol. The summed E-state index contributed by atoms with van der Waals surface area (Å²) in [5.74, 6) is -0.497. The molecule has 1 aliphatic heterocycles. The molecule has 1 aromatic heterocycles. The van der Waals surface area contributed by atoms with Gasteiger partial charge in [-0.3, -0.25) is 0 Å². The van der Waals surface area contributed by atoms with E-state index in [1.54, 1.807) is 6.07 Å². The molecule has 2 rings (SSSR count). The number of nitrogens with zero attached hydrogens (tertiary/aromatic N) is 1. The minimum atomic E-state index is -1.05. The highest BCUT2D eigenvalue weighted by Crippen LogP contribution is 2.24. The van der Waals surface area contributed by atoms with Gasteiger partial charge in [0.2, 0.25) is 0 Å². The lowest BCUT2D eigenvalue weighted by Crippen LogP contribution is -2.35. The Morgan fingerprint density at radius 3 is 2.72 bits per heavy atom. The molecular weight excluding hydrogens is 234 g/mol. The van der Waals surface area contributed by atoms with Crippen molar-refractivity contribution in [3.8, 4) is 5.75 Å². The van der Waals surface area contributed by atoms with E-state index in [9.17, 15) is 4.79 Å². The van der Waals surface area contributed by atoms with Gasteiger partial charge in [0.05, 0.1) is 12.2 Å². The van der Waals surface area contributed by atoms with E-state index in [0.29, 0.717) is 5.75 Å². The van der Waals surface area contributed by atoms with Crippen LogP contribution in [0.4, 0.5) is 0 Å². The van der Waals surface area contributed by atoms with Crippen LogP contribution in [0.1, 0.15) is 37.2 Å². The lowest BCUT2D eigenvalue weighted by Gasteiger charge is -2.32. The largest absolute Gasteiger partial charge is 0.490 e. The number of carboxylic acids is 1. The van der Waals surface area contributed by atoms with Gasteiger partial charge in [-0.1, -0.05) is 0 Å². The molecule has 1 fully saturated rings. The molecule has 0 radical (unpaired) electrons. The molecule has 18 heavy (non-hydrogen) atoms. The summed E-state index contributed by atoms with van der Waals surface area (Å²) in [6.07, 6.45) is 3.47. The fraction of sp³-hybridized carbons (Fsp3) is 0.538. The summed E-state index contributed by atoms with van der Waals surface area (Å²) in [6.45, 7) is 4.03. The van der Waals surface area contributed by atoms with E-state index in [1.165, 1.54) is 12.3 Å². The third kappa shape index (κ3) is 3.20. The zero-order chi connectivity index (χ0) is 13.1. The topological polar surface area (TPSA) is 68.7 Å². The van der Waals surface area contributed by atoms with Crippen molar-refractivity contribution in [1.29, 1.82) is 0 Å². The molecule has 0 spiro atoms. The van der Waals surface area contributed by atoms with Crippen LogP contribution < -0.4 is 4.74 Å². The summed E-state index contributed by atoms with van der Waals surface area (Å²) < 4.78 is 11.4. The van der Waals surface area contributed by atoms with Crippen molar-refractivity contribution in [2.24, 2.45) is 0 Å². The molecule has 0 bridgehead atoms. The van der Waals surface area contributed by atoms with Crippen molar-refractivity contribution >= 4 is 5.97 Å². The van der Waals surface area contributed by atoms with Gasteiger partial charge >= 0.3 is 5.97 Å². The van der Waals surface area contributed by atoms with Gasteiger partial charge in [0.1, 0.15) is 11.9 Å². The fourth-order valence-electron chi connectivity index (χ4n) is 2.23. The number of carboxylic acid groups (broad SMARTS) is 1. The van der Waals surface area contributed by atoms with E-state index in [-0.39, 0.29) is 24.0 Å². The molecule has 1 aromatic rings. The van der Waals surface area contributed by atoms with Crippen molar-refractivity contribution < 1.29 is 19.4 Å². The van der Waals surface area contributed by atoms with Crippen molar-refractivity contribution in [2.75, 3.05) is 0 Å². The Morgan fingerprint density at radius 2 is 2.11 bits per heavy atom. The highest BCUT2D eigenvalue weighted by Gasteiger charge is 2.25. The maximum atomic E-state index is 10.8. The Hall–Kier alpha value is -1.62. The number of rotatable bonds is 3. The smallest absolute Gasteiger partial charge is 0.354 e. The van der Waals surface area contributed by atoms with Crippen LogP contribution in [-0.2, 0) is 4.74 Å². The van der Waals surface area contributed by atoms with Crippen molar-refractivity contribution in [3.05, 3.63) is 24.0 Å². The molecule has 1 aliphatic rings. The zero-order valence-corrected chi connectivity index (χ0v) is 10.5. The first-order valence-corrected chi connectivity index (χ1v) is 6.06. The van der Waals surface area contributed by atoms with Crippen LogP contribution in [-0.4, -0.2) is 34.4 Å². The summed E-state index contributed by atoms with van der Waals surface area (Å²) in [5.41, 5.74) is 0.000608. The van der Waals surface area contributed by atoms with E-state index in [1.807, 2.05) is 13.8 Å². The summed E-state index contributed by atoms with van der Waals surface area (Å²) in [6, 6.07) is 3.13. The van der Waals surface area contributed by atoms with E-state index in [0.717, 1.165) is 12.8 Å². The van der Waals surface area contributed by atoms with E-state index in [2.05, 4.69) is 4.98 Å². The van der Waals surface area contributed by atoms with Gasteiger partial charge < -0.3 is 14.6 Å². The average Bonchev–Trinajstić information content (AvgIpc) is 2.27. The normalized spacial score (nSPS) is 27.8. The quantitative estimate of drug-likeness (QED) is 0.891. The van der Waals surface area contributed by atoms with Crippen molar-refractivity contribution in [3.63, 3.8) is 0 Å². The van der Waals surface area contributed by atoms with Crippen LogP contribution in [0.3, 0.4) is 0 Å². The maximum absolute atomic E-state index is 10.8. The molecule has 2 atom stereocenters. The summed E-state index contributed by atoms with van der Waals surface area (Å²) in [4.78, 5) is 14.6. The Labute approximate surface area is 106 Å². The lowest BCUT2D eigenvalue weighted by molar-refractivity contribution is -0.0721. The molecule has 5 nitrogen and oxygen atoms in total. The van der Waals surface area contributed by atoms with Gasteiger partial charge in [0.15, 0.2) is 5.69 Å². The van der Waals surface area contributed by atoms with Crippen LogP contribution in [0.15, 0.2) is 18.3 Å². The van der Waals surface area contributed by atoms with Crippen LogP contribution >= 0.6 is 0 Å². The molecule has 1 N–H and O–H groups in total. The van der Waals surface area contributed by atoms with Crippen LogP contribution in [0.5, 0.6) is 5.75 Å². The highest BCUT2D eigenvalue weighted by molar-refractivity contribution is 5.85. The number of pyridine rings is 1. The number of aromatic nitrogens is 1. The molecule has 0 aromatic carbocycles. The minimum Gasteiger partial charge on any atom is -0.490 e. The van der Waals surface area contributed by atoms with E-state index >= 15 is 0 Å². The van der Waals surface area contributed by atoms with E-state index in [4.69, 9.17) is 14.6 Å².